The van der Waals surface area contributed by atoms with Crippen LogP contribution in [0.4, 0.5) is 4.79 Å². The number of carbonyl (C=O) groups is 1. The first kappa shape index (κ1) is 14.2. The van der Waals surface area contributed by atoms with Gasteiger partial charge in [-0.1, -0.05) is 30.3 Å². The molecule has 1 saturated heterocycles. The number of piperidine rings is 1. The molecule has 0 aliphatic carbocycles. The standard InChI is InChI=1S/C14H20N4O2/c15-13(16)17-12-6-8-18(9-7-12)14(19)20-10-11-4-2-1-3-5-11/h1-5,12H,6-10H2,(H4,15,16,17). The minimum Gasteiger partial charge on any atom is -0.445 e. The lowest BCUT2D eigenvalue weighted by molar-refractivity contribution is 0.0864. The Morgan fingerprint density at radius 3 is 2.60 bits per heavy atom. The van der Waals surface area contributed by atoms with Crippen LogP contribution in [0.2, 0.25) is 0 Å². The summed E-state index contributed by atoms with van der Waals surface area (Å²) in [5.41, 5.74) is 6.28. The normalized spacial score (nSPS) is 15.7. The third-order valence-corrected chi connectivity index (χ3v) is 3.32. The maximum atomic E-state index is 11.9. The summed E-state index contributed by atoms with van der Waals surface area (Å²) in [6.45, 7) is 1.54. The first-order chi connectivity index (χ1) is 9.65. The van der Waals surface area contributed by atoms with Crippen LogP contribution in [0, 0.1) is 5.41 Å². The highest BCUT2D eigenvalue weighted by molar-refractivity contribution is 5.74. The number of benzene rings is 1. The Balaban J connectivity index is 1.73. The second kappa shape index (κ2) is 6.79. The topological polar surface area (TPSA) is 91.4 Å². The van der Waals surface area contributed by atoms with Crippen LogP contribution < -0.4 is 11.1 Å². The van der Waals surface area contributed by atoms with Crippen molar-refractivity contribution in [3.05, 3.63) is 35.9 Å². The molecule has 1 aliphatic rings. The predicted octanol–water partition coefficient (Wildman–Crippen LogP) is 1.27. The fourth-order valence-electron chi connectivity index (χ4n) is 2.24. The molecule has 6 heteroatoms. The van der Waals surface area contributed by atoms with Crippen LogP contribution in [-0.4, -0.2) is 36.1 Å². The Labute approximate surface area is 118 Å². The third kappa shape index (κ3) is 4.15. The highest BCUT2D eigenvalue weighted by atomic mass is 16.6. The summed E-state index contributed by atoms with van der Waals surface area (Å²) in [6.07, 6.45) is 1.27. The molecule has 1 fully saturated rings. The summed E-state index contributed by atoms with van der Waals surface area (Å²) in [5, 5.41) is 10.1. The van der Waals surface area contributed by atoms with Crippen molar-refractivity contribution in [2.45, 2.75) is 25.5 Å². The van der Waals surface area contributed by atoms with E-state index in [1.807, 2.05) is 30.3 Å². The number of ether oxygens (including phenoxy) is 1. The summed E-state index contributed by atoms with van der Waals surface area (Å²) in [4.78, 5) is 13.6. The van der Waals surface area contributed by atoms with Crippen LogP contribution in [0.3, 0.4) is 0 Å². The van der Waals surface area contributed by atoms with Gasteiger partial charge in [0.2, 0.25) is 0 Å². The molecule has 1 aromatic rings. The molecule has 2 rings (SSSR count). The smallest absolute Gasteiger partial charge is 0.410 e. The van der Waals surface area contributed by atoms with Crippen molar-refractivity contribution < 1.29 is 9.53 Å². The maximum absolute atomic E-state index is 11.9. The van der Waals surface area contributed by atoms with E-state index in [2.05, 4.69) is 5.32 Å². The Morgan fingerprint density at radius 1 is 1.35 bits per heavy atom. The number of nitrogens with one attached hydrogen (secondary N) is 2. The van der Waals surface area contributed by atoms with Gasteiger partial charge in [-0.3, -0.25) is 5.41 Å². The number of nitrogens with zero attached hydrogens (tertiary/aromatic N) is 1. The average molecular weight is 276 g/mol. The van der Waals surface area contributed by atoms with Gasteiger partial charge in [-0.15, -0.1) is 0 Å². The molecule has 0 unspecified atom stereocenters. The van der Waals surface area contributed by atoms with E-state index in [4.69, 9.17) is 15.9 Å². The van der Waals surface area contributed by atoms with Gasteiger partial charge in [0.05, 0.1) is 0 Å². The van der Waals surface area contributed by atoms with Crippen molar-refractivity contribution in [3.63, 3.8) is 0 Å². The van der Waals surface area contributed by atoms with Gasteiger partial charge in [-0.25, -0.2) is 4.79 Å². The molecule has 1 heterocycles. The van der Waals surface area contributed by atoms with Crippen LogP contribution in [-0.2, 0) is 11.3 Å². The highest BCUT2D eigenvalue weighted by Gasteiger charge is 2.23. The van der Waals surface area contributed by atoms with Gasteiger partial charge < -0.3 is 20.7 Å². The summed E-state index contributed by atoms with van der Waals surface area (Å²) >= 11 is 0. The molecule has 0 radical (unpaired) electrons. The van der Waals surface area contributed by atoms with Crippen LogP contribution in [0.15, 0.2) is 30.3 Å². The Kier molecular flexibility index (Phi) is 4.81. The lowest BCUT2D eigenvalue weighted by Gasteiger charge is -2.31. The minimum atomic E-state index is -0.282. The van der Waals surface area contributed by atoms with Gasteiger partial charge in [-0.2, -0.15) is 0 Å². The second-order valence-electron chi connectivity index (χ2n) is 4.86. The number of hydrogen-bond donors (Lipinski definition) is 3. The van der Waals surface area contributed by atoms with Crippen molar-refractivity contribution in [1.29, 1.82) is 5.41 Å². The number of hydrogen-bond acceptors (Lipinski definition) is 3. The number of likely N-dealkylation sites (tertiary alicyclic amines) is 1. The minimum absolute atomic E-state index is 0.0184. The summed E-state index contributed by atoms with van der Waals surface area (Å²) in [7, 11) is 0. The van der Waals surface area contributed by atoms with E-state index in [9.17, 15) is 4.79 Å². The van der Waals surface area contributed by atoms with Crippen molar-refractivity contribution in [1.82, 2.24) is 10.2 Å². The van der Waals surface area contributed by atoms with Crippen molar-refractivity contribution in [3.8, 4) is 0 Å². The Bertz CT molecular complexity index is 456. The SMILES string of the molecule is N=C(N)NC1CCN(C(=O)OCc2ccccc2)CC1. The molecule has 1 aromatic carbocycles. The van der Waals surface area contributed by atoms with E-state index in [1.165, 1.54) is 0 Å². The van der Waals surface area contributed by atoms with Crippen LogP contribution >= 0.6 is 0 Å². The number of amides is 1. The number of guanidine groups is 1. The van der Waals surface area contributed by atoms with Gasteiger partial charge in [0.15, 0.2) is 5.96 Å². The quantitative estimate of drug-likeness (QED) is 0.572. The zero-order chi connectivity index (χ0) is 14.4. The summed E-state index contributed by atoms with van der Waals surface area (Å²) in [5.74, 6) is -0.0184. The van der Waals surface area contributed by atoms with Crippen LogP contribution in [0.5, 0.6) is 0 Å². The van der Waals surface area contributed by atoms with Gasteiger partial charge in [0.25, 0.3) is 0 Å². The van der Waals surface area contributed by atoms with E-state index < -0.39 is 0 Å². The Morgan fingerprint density at radius 2 is 2.00 bits per heavy atom. The summed E-state index contributed by atoms with van der Waals surface area (Å²) in [6, 6.07) is 9.79. The molecular weight excluding hydrogens is 256 g/mol. The molecule has 108 valence electrons. The second-order valence-corrected chi connectivity index (χ2v) is 4.86. The lowest BCUT2D eigenvalue weighted by atomic mass is 10.1. The molecule has 1 aliphatic heterocycles. The Hall–Kier alpha value is -2.24. The molecule has 4 N–H and O–H groups in total. The fraction of sp³-hybridized carbons (Fsp3) is 0.429. The highest BCUT2D eigenvalue weighted by Crippen LogP contribution is 2.12. The maximum Gasteiger partial charge on any atom is 0.410 e. The van der Waals surface area contributed by atoms with Gasteiger partial charge in [0, 0.05) is 19.1 Å². The molecule has 1 amide bonds. The molecule has 0 aromatic heterocycles. The van der Waals surface area contributed by atoms with Crippen molar-refractivity contribution >= 4 is 12.1 Å². The van der Waals surface area contributed by atoms with E-state index in [0.29, 0.717) is 19.7 Å². The van der Waals surface area contributed by atoms with E-state index in [0.717, 1.165) is 18.4 Å². The van der Waals surface area contributed by atoms with E-state index in [1.54, 1.807) is 4.90 Å². The first-order valence-corrected chi connectivity index (χ1v) is 6.71. The van der Waals surface area contributed by atoms with Gasteiger partial charge in [0.1, 0.15) is 6.61 Å². The van der Waals surface area contributed by atoms with Crippen LogP contribution in [0.25, 0.3) is 0 Å². The van der Waals surface area contributed by atoms with Crippen molar-refractivity contribution in [2.24, 2.45) is 5.73 Å². The molecule has 6 nitrogen and oxygen atoms in total. The van der Waals surface area contributed by atoms with Crippen LogP contribution in [0.1, 0.15) is 18.4 Å². The zero-order valence-electron chi connectivity index (χ0n) is 11.3. The lowest BCUT2D eigenvalue weighted by Crippen LogP contribution is -2.48. The average Bonchev–Trinajstić information content (AvgIpc) is 2.46. The molecule has 0 saturated carbocycles. The summed E-state index contributed by atoms with van der Waals surface area (Å²) < 4.78 is 5.28. The number of carbonyl (C=O) groups excluding carboxylic acids is 1. The molecular formula is C14H20N4O2. The third-order valence-electron chi connectivity index (χ3n) is 3.32. The van der Waals surface area contributed by atoms with E-state index in [-0.39, 0.29) is 18.1 Å². The number of nitrogens with two attached hydrogens (primary N) is 1. The molecule has 0 bridgehead atoms. The predicted molar refractivity (Wildman–Crippen MR) is 76.3 cm³/mol. The zero-order valence-corrected chi connectivity index (χ0v) is 11.3. The van der Waals surface area contributed by atoms with Gasteiger partial charge >= 0.3 is 6.09 Å². The fourth-order valence-corrected chi connectivity index (χ4v) is 2.24. The van der Waals surface area contributed by atoms with Crippen molar-refractivity contribution in [2.75, 3.05) is 13.1 Å². The first-order valence-electron chi connectivity index (χ1n) is 6.71. The van der Waals surface area contributed by atoms with E-state index >= 15 is 0 Å². The monoisotopic (exact) mass is 276 g/mol. The molecule has 0 spiro atoms. The largest absolute Gasteiger partial charge is 0.445 e. The number of rotatable bonds is 3. The molecule has 20 heavy (non-hydrogen) atoms. The van der Waals surface area contributed by atoms with Gasteiger partial charge in [-0.05, 0) is 18.4 Å². The molecule has 0 atom stereocenters.